The maximum Gasteiger partial charge on any atom is 0.163 e. The molecule has 1 aliphatic carbocycles. The molecule has 1 unspecified atom stereocenters. The normalized spacial score (nSPS) is 18.2. The average molecular weight is 249 g/mol. The number of aromatic nitrogens is 3. The van der Waals surface area contributed by atoms with Crippen LogP contribution in [-0.4, -0.2) is 15.0 Å². The summed E-state index contributed by atoms with van der Waals surface area (Å²) in [7, 11) is 0. The van der Waals surface area contributed by atoms with Gasteiger partial charge in [-0.05, 0) is 12.3 Å². The molecule has 94 valence electrons. The van der Waals surface area contributed by atoms with E-state index in [1.807, 2.05) is 30.3 Å². The van der Waals surface area contributed by atoms with Gasteiger partial charge in [0.15, 0.2) is 11.6 Å². The monoisotopic (exact) mass is 249 g/mol. The third-order valence-corrected chi connectivity index (χ3v) is 3.13. The van der Waals surface area contributed by atoms with Gasteiger partial charge >= 0.3 is 0 Å². The Balaban J connectivity index is 1.99. The third kappa shape index (κ3) is 2.60. The Morgan fingerprint density at radius 3 is 2.63 bits per heavy atom. The second-order valence-electron chi connectivity index (χ2n) is 4.74. The number of hydrogen-bond donors (Lipinski definition) is 0. The van der Waals surface area contributed by atoms with E-state index in [1.165, 1.54) is 0 Å². The highest BCUT2D eigenvalue weighted by atomic mass is 15.0. The smallest absolute Gasteiger partial charge is 0.163 e. The molecule has 2 aromatic rings. The number of rotatable bonds is 2. The van der Waals surface area contributed by atoms with Gasteiger partial charge in [0.2, 0.25) is 0 Å². The zero-order valence-corrected chi connectivity index (χ0v) is 10.8. The van der Waals surface area contributed by atoms with E-state index < -0.39 is 0 Å². The van der Waals surface area contributed by atoms with Crippen molar-refractivity contribution in [1.29, 1.82) is 0 Å². The molecule has 3 heteroatoms. The van der Waals surface area contributed by atoms with Crippen molar-refractivity contribution in [3.63, 3.8) is 0 Å². The number of benzene rings is 1. The van der Waals surface area contributed by atoms with Crippen LogP contribution in [0.25, 0.3) is 17.0 Å². The van der Waals surface area contributed by atoms with E-state index in [0.717, 1.165) is 29.2 Å². The largest absolute Gasteiger partial charge is 0.217 e. The van der Waals surface area contributed by atoms with Crippen LogP contribution in [0.4, 0.5) is 0 Å². The van der Waals surface area contributed by atoms with Crippen molar-refractivity contribution < 1.29 is 0 Å². The van der Waals surface area contributed by atoms with Gasteiger partial charge in [-0.1, -0.05) is 55.5 Å². The summed E-state index contributed by atoms with van der Waals surface area (Å²) in [5.74, 6) is 2.01. The van der Waals surface area contributed by atoms with Crippen LogP contribution in [0.2, 0.25) is 0 Å². The lowest BCUT2D eigenvalue weighted by Gasteiger charge is -2.11. The first-order valence-electron chi connectivity index (χ1n) is 6.46. The van der Waals surface area contributed by atoms with E-state index in [4.69, 9.17) is 0 Å². The zero-order chi connectivity index (χ0) is 13.1. The fourth-order valence-corrected chi connectivity index (χ4v) is 2.15. The SMILES string of the molecule is CC1C=C(c2ncnc(-c3ccccc3)n2)C=CC1. The molecule has 0 spiro atoms. The van der Waals surface area contributed by atoms with Crippen LogP contribution in [0.15, 0.2) is 54.9 Å². The third-order valence-electron chi connectivity index (χ3n) is 3.13. The van der Waals surface area contributed by atoms with Gasteiger partial charge in [-0.25, -0.2) is 15.0 Å². The maximum absolute atomic E-state index is 4.56. The van der Waals surface area contributed by atoms with Gasteiger partial charge in [-0.2, -0.15) is 0 Å². The summed E-state index contributed by atoms with van der Waals surface area (Å²) < 4.78 is 0. The molecule has 0 radical (unpaired) electrons. The molecule has 0 bridgehead atoms. The summed E-state index contributed by atoms with van der Waals surface area (Å²) in [5.41, 5.74) is 2.10. The minimum absolute atomic E-state index is 0.539. The van der Waals surface area contributed by atoms with Crippen LogP contribution in [0.3, 0.4) is 0 Å². The lowest BCUT2D eigenvalue weighted by atomic mass is 9.98. The first kappa shape index (κ1) is 11.8. The number of hydrogen-bond acceptors (Lipinski definition) is 3. The van der Waals surface area contributed by atoms with Gasteiger partial charge in [0.1, 0.15) is 6.33 Å². The molecule has 0 N–H and O–H groups in total. The van der Waals surface area contributed by atoms with E-state index in [1.54, 1.807) is 6.33 Å². The first-order valence-corrected chi connectivity index (χ1v) is 6.46. The summed E-state index contributed by atoms with van der Waals surface area (Å²) >= 11 is 0. The summed E-state index contributed by atoms with van der Waals surface area (Å²) in [6, 6.07) is 9.97. The standard InChI is InChI=1S/C16H15N3/c1-12-6-5-9-14(10-12)16-18-11-17-15(19-16)13-7-3-2-4-8-13/h2-5,7-12H,6H2,1H3. The van der Waals surface area contributed by atoms with Crippen LogP contribution in [0, 0.1) is 5.92 Å². The molecule has 1 atom stereocenters. The summed E-state index contributed by atoms with van der Waals surface area (Å²) in [4.78, 5) is 13.1. The van der Waals surface area contributed by atoms with Gasteiger partial charge < -0.3 is 0 Å². The molecule has 3 rings (SSSR count). The van der Waals surface area contributed by atoms with E-state index in [0.29, 0.717) is 5.92 Å². The highest BCUT2D eigenvalue weighted by molar-refractivity contribution is 5.71. The van der Waals surface area contributed by atoms with Gasteiger partial charge in [0, 0.05) is 11.1 Å². The Kier molecular flexibility index (Phi) is 3.19. The van der Waals surface area contributed by atoms with Crippen LogP contribution >= 0.6 is 0 Å². The van der Waals surface area contributed by atoms with Gasteiger partial charge in [0.25, 0.3) is 0 Å². The Morgan fingerprint density at radius 1 is 1.05 bits per heavy atom. The Bertz CT molecular complexity index is 629. The minimum Gasteiger partial charge on any atom is -0.217 e. The second-order valence-corrected chi connectivity index (χ2v) is 4.74. The molecule has 19 heavy (non-hydrogen) atoms. The van der Waals surface area contributed by atoms with Crippen molar-refractivity contribution in [1.82, 2.24) is 15.0 Å². The lowest BCUT2D eigenvalue weighted by molar-refractivity contribution is 0.738. The van der Waals surface area contributed by atoms with Gasteiger partial charge in [-0.15, -0.1) is 0 Å². The minimum atomic E-state index is 0.539. The highest BCUT2D eigenvalue weighted by Crippen LogP contribution is 2.23. The molecule has 3 nitrogen and oxygen atoms in total. The van der Waals surface area contributed by atoms with Crippen LogP contribution in [-0.2, 0) is 0 Å². The molecule has 1 heterocycles. The Morgan fingerprint density at radius 2 is 1.84 bits per heavy atom. The van der Waals surface area contributed by atoms with Crippen molar-refractivity contribution >= 4 is 5.57 Å². The predicted octanol–water partition coefficient (Wildman–Crippen LogP) is 3.52. The first-order chi connectivity index (χ1) is 9.33. The molecular formula is C16H15N3. The molecular weight excluding hydrogens is 234 g/mol. The molecule has 1 aromatic carbocycles. The van der Waals surface area contributed by atoms with Gasteiger partial charge in [-0.3, -0.25) is 0 Å². The predicted molar refractivity (Wildman–Crippen MR) is 76.2 cm³/mol. The molecule has 0 saturated heterocycles. The van der Waals surface area contributed by atoms with E-state index in [-0.39, 0.29) is 0 Å². The molecule has 0 saturated carbocycles. The quantitative estimate of drug-likeness (QED) is 0.817. The van der Waals surface area contributed by atoms with Crippen molar-refractivity contribution in [3.8, 4) is 11.4 Å². The molecule has 1 aliphatic rings. The van der Waals surface area contributed by atoms with Crippen molar-refractivity contribution in [2.45, 2.75) is 13.3 Å². The molecule has 1 aromatic heterocycles. The van der Waals surface area contributed by atoms with E-state index in [2.05, 4.69) is 40.1 Å². The summed E-state index contributed by atoms with van der Waals surface area (Å²) in [6.07, 6.45) is 9.14. The molecule has 0 amide bonds. The summed E-state index contributed by atoms with van der Waals surface area (Å²) in [6.45, 7) is 2.20. The number of allylic oxidation sites excluding steroid dienone is 4. The Labute approximate surface area is 112 Å². The maximum atomic E-state index is 4.56. The van der Waals surface area contributed by atoms with Crippen molar-refractivity contribution in [2.24, 2.45) is 5.92 Å². The topological polar surface area (TPSA) is 38.7 Å². The molecule has 0 aliphatic heterocycles. The zero-order valence-electron chi connectivity index (χ0n) is 10.8. The van der Waals surface area contributed by atoms with Crippen molar-refractivity contribution in [2.75, 3.05) is 0 Å². The van der Waals surface area contributed by atoms with Gasteiger partial charge in [0.05, 0.1) is 0 Å². The van der Waals surface area contributed by atoms with Crippen LogP contribution in [0.5, 0.6) is 0 Å². The fraction of sp³-hybridized carbons (Fsp3) is 0.188. The fourth-order valence-electron chi connectivity index (χ4n) is 2.15. The average Bonchev–Trinajstić information content (AvgIpc) is 2.48. The second kappa shape index (κ2) is 5.14. The van der Waals surface area contributed by atoms with Crippen LogP contribution < -0.4 is 0 Å². The molecule has 0 fully saturated rings. The lowest BCUT2D eigenvalue weighted by Crippen LogP contribution is -2.01. The highest BCUT2D eigenvalue weighted by Gasteiger charge is 2.10. The van der Waals surface area contributed by atoms with Crippen LogP contribution in [0.1, 0.15) is 19.2 Å². The van der Waals surface area contributed by atoms with E-state index >= 15 is 0 Å². The van der Waals surface area contributed by atoms with Crippen molar-refractivity contribution in [3.05, 3.63) is 60.7 Å². The van der Waals surface area contributed by atoms with E-state index in [9.17, 15) is 0 Å². The Hall–Kier alpha value is -2.29. The number of nitrogens with zero attached hydrogens (tertiary/aromatic N) is 3. The summed E-state index contributed by atoms with van der Waals surface area (Å²) in [5, 5.41) is 0.